The van der Waals surface area contributed by atoms with Gasteiger partial charge in [0.15, 0.2) is 0 Å². The van der Waals surface area contributed by atoms with Crippen molar-refractivity contribution in [2.75, 3.05) is 6.61 Å². The van der Waals surface area contributed by atoms with Crippen LogP contribution in [0.1, 0.15) is 41.3 Å². The molecule has 0 unspecified atom stereocenters. The molecule has 168 valence electrons. The van der Waals surface area contributed by atoms with Gasteiger partial charge in [0.05, 0.1) is 22.4 Å². The maximum absolute atomic E-state index is 12.5. The molecular weight excluding hydrogens is 492 g/mol. The summed E-state index contributed by atoms with van der Waals surface area (Å²) in [6, 6.07) is 18.3. The number of hydrogen-bond acceptors (Lipinski definition) is 4. The number of rotatable bonds is 8. The number of carbonyl (C=O) groups is 1. The van der Waals surface area contributed by atoms with Crippen LogP contribution in [0.15, 0.2) is 71.6 Å². The van der Waals surface area contributed by atoms with Crippen LogP contribution < -0.4 is 34.3 Å². The van der Waals surface area contributed by atoms with E-state index in [1.807, 2.05) is 0 Å². The molecule has 0 N–H and O–H groups in total. The Morgan fingerprint density at radius 2 is 1.61 bits per heavy atom. The number of amides is 1. The topological polar surface area (TPSA) is 74.5 Å². The first-order valence-corrected chi connectivity index (χ1v) is 12.1. The average Bonchev–Trinajstić information content (AvgIpc) is 2.74. The van der Waals surface area contributed by atoms with E-state index in [2.05, 4.69) is 42.8 Å². The van der Waals surface area contributed by atoms with Gasteiger partial charge in [-0.1, -0.05) is 61.3 Å². The smallest absolute Gasteiger partial charge is 0.538 e. The zero-order valence-electron chi connectivity index (χ0n) is 18.6. The van der Waals surface area contributed by atoms with Gasteiger partial charge in [-0.25, -0.2) is 8.42 Å². The molecule has 0 bridgehead atoms. The summed E-state index contributed by atoms with van der Waals surface area (Å²) in [6.45, 7) is 4.75. The van der Waals surface area contributed by atoms with Crippen molar-refractivity contribution in [1.82, 2.24) is 0 Å². The van der Waals surface area contributed by atoms with E-state index in [9.17, 15) is 13.2 Å². The van der Waals surface area contributed by atoms with Gasteiger partial charge in [-0.15, -0.1) is 0 Å². The Hall–Kier alpha value is -1.54. The summed E-state index contributed by atoms with van der Waals surface area (Å²) in [5.41, 5.74) is 2.40. The van der Waals surface area contributed by atoms with Crippen molar-refractivity contribution in [2.45, 2.75) is 31.1 Å². The van der Waals surface area contributed by atoms with E-state index in [1.54, 1.807) is 0 Å². The van der Waals surface area contributed by atoms with E-state index in [0.29, 0.717) is 23.3 Å². The Labute approximate surface area is 226 Å². The molecule has 0 aliphatic carbocycles. The average molecular weight is 514 g/mol. The quantitative estimate of drug-likeness (QED) is 0.431. The van der Waals surface area contributed by atoms with Gasteiger partial charge >= 0.3 is 29.6 Å². The second kappa shape index (κ2) is 12.2. The van der Waals surface area contributed by atoms with Gasteiger partial charge < -0.3 is 14.3 Å². The van der Waals surface area contributed by atoms with Crippen LogP contribution in [0.2, 0.25) is 10.0 Å². The normalized spacial score (nSPS) is 11.1. The minimum atomic E-state index is -4.20. The van der Waals surface area contributed by atoms with Crippen LogP contribution in [0.3, 0.4) is 0 Å². The molecule has 0 saturated heterocycles. The Balaban J connectivity index is 0.00000385. The molecule has 0 aliphatic heterocycles. The molecule has 0 fully saturated rings. The third-order valence-electron chi connectivity index (χ3n) is 4.79. The van der Waals surface area contributed by atoms with Gasteiger partial charge in [0.1, 0.15) is 15.8 Å². The Morgan fingerprint density at radius 1 is 0.970 bits per heavy atom. The van der Waals surface area contributed by atoms with Crippen LogP contribution in [0.5, 0.6) is 5.75 Å². The standard InChI is InChI=1S/C24H23Cl2NO4S.Na/c1-16(2)18-5-3-17(4-6-18)13-14-31-20-8-10-21(11-9-20)32(29,30)27-24(28)22-12-7-19(25)15-23(22)26;/h3-12,15-16H,13-14H2,1-2H3,(H,27,28);/q;+1/p-1. The molecule has 0 aliphatic rings. The maximum atomic E-state index is 12.5. The van der Waals surface area contributed by atoms with Crippen LogP contribution in [-0.4, -0.2) is 20.9 Å². The first-order valence-electron chi connectivity index (χ1n) is 9.95. The summed E-state index contributed by atoms with van der Waals surface area (Å²) in [5, 5.41) is 0.363. The molecule has 0 spiro atoms. The maximum Gasteiger partial charge on any atom is 1.00 e. The van der Waals surface area contributed by atoms with Gasteiger partial charge in [-0.2, -0.15) is 0 Å². The van der Waals surface area contributed by atoms with Crippen molar-refractivity contribution in [1.29, 1.82) is 0 Å². The molecule has 3 aromatic rings. The minimum Gasteiger partial charge on any atom is -0.538 e. The van der Waals surface area contributed by atoms with E-state index in [4.69, 9.17) is 27.9 Å². The number of sulfonamides is 1. The van der Waals surface area contributed by atoms with Gasteiger partial charge in [-0.05, 0) is 59.5 Å². The van der Waals surface area contributed by atoms with E-state index >= 15 is 0 Å². The summed E-state index contributed by atoms with van der Waals surface area (Å²) in [4.78, 5) is 12.2. The molecule has 5 nitrogen and oxygen atoms in total. The van der Waals surface area contributed by atoms with Crippen molar-refractivity contribution in [3.8, 4) is 5.75 Å². The number of ether oxygens (including phenoxy) is 1. The molecule has 9 heteroatoms. The Bertz CT molecular complexity index is 1200. The van der Waals surface area contributed by atoms with Crippen LogP contribution in [-0.2, 0) is 16.4 Å². The van der Waals surface area contributed by atoms with Crippen LogP contribution >= 0.6 is 23.2 Å². The number of halogens is 2. The van der Waals surface area contributed by atoms with Crippen molar-refractivity contribution in [3.63, 3.8) is 0 Å². The fourth-order valence-electron chi connectivity index (χ4n) is 2.94. The molecule has 0 saturated carbocycles. The van der Waals surface area contributed by atoms with E-state index in [1.165, 1.54) is 48.0 Å². The molecule has 0 atom stereocenters. The number of hydrogen-bond donors (Lipinski definition) is 0. The van der Waals surface area contributed by atoms with Crippen LogP contribution in [0, 0.1) is 0 Å². The second-order valence-electron chi connectivity index (χ2n) is 7.46. The van der Waals surface area contributed by atoms with Gasteiger partial charge in [-0.3, -0.25) is 0 Å². The summed E-state index contributed by atoms with van der Waals surface area (Å²) < 4.78 is 34.0. The largest absolute Gasteiger partial charge is 1.00 e. The molecule has 33 heavy (non-hydrogen) atoms. The zero-order valence-corrected chi connectivity index (χ0v) is 22.9. The summed E-state index contributed by atoms with van der Waals surface area (Å²) >= 11 is 11.8. The van der Waals surface area contributed by atoms with Crippen LogP contribution in [0.25, 0.3) is 4.72 Å². The molecule has 0 radical (unpaired) electrons. The van der Waals surface area contributed by atoms with Crippen molar-refractivity contribution >= 4 is 39.1 Å². The second-order valence-corrected chi connectivity index (χ2v) is 9.91. The van der Waals surface area contributed by atoms with Gasteiger partial charge in [0, 0.05) is 17.0 Å². The third kappa shape index (κ3) is 7.74. The van der Waals surface area contributed by atoms with Gasteiger partial charge in [0.2, 0.25) is 0 Å². The minimum absolute atomic E-state index is 0. The predicted octanol–water partition coefficient (Wildman–Crippen LogP) is 3.65. The van der Waals surface area contributed by atoms with Gasteiger partial charge in [0.25, 0.3) is 0 Å². The molecule has 0 heterocycles. The summed E-state index contributed by atoms with van der Waals surface area (Å²) in [5.74, 6) is 0.0469. The van der Waals surface area contributed by atoms with Crippen LogP contribution in [0.4, 0.5) is 0 Å². The third-order valence-corrected chi connectivity index (χ3v) is 6.61. The molecular formula is C24H22Cl2NNaO4S. The monoisotopic (exact) mass is 513 g/mol. The summed E-state index contributed by atoms with van der Waals surface area (Å²) in [7, 11) is -4.20. The first-order chi connectivity index (χ1) is 15.2. The van der Waals surface area contributed by atoms with E-state index < -0.39 is 15.9 Å². The van der Waals surface area contributed by atoms with E-state index in [-0.39, 0.29) is 45.0 Å². The Kier molecular flexibility index (Phi) is 10.3. The van der Waals surface area contributed by atoms with Crippen molar-refractivity contribution in [2.24, 2.45) is 0 Å². The van der Waals surface area contributed by atoms with E-state index in [0.717, 1.165) is 12.0 Å². The zero-order chi connectivity index (χ0) is 23.3. The number of nitrogens with zero attached hydrogens (tertiary/aromatic N) is 1. The molecule has 3 rings (SSSR count). The Morgan fingerprint density at radius 3 is 2.18 bits per heavy atom. The number of carbonyl (C=O) groups excluding carboxylic acids is 1. The molecule has 0 aromatic heterocycles. The molecule has 3 aromatic carbocycles. The SMILES string of the molecule is CC(C)c1ccc(CCOc2ccc(S(=O)(=O)[N-]C(=O)c3ccc(Cl)cc3Cl)cc2)cc1.[Na+]. The fourth-order valence-corrected chi connectivity index (χ4v) is 4.33. The van der Waals surface area contributed by atoms with Crippen molar-refractivity contribution < 1.29 is 47.5 Å². The number of benzene rings is 3. The predicted molar refractivity (Wildman–Crippen MR) is 128 cm³/mol. The fraction of sp³-hybridized carbons (Fsp3) is 0.208. The first kappa shape index (κ1) is 27.7. The molecule has 1 amide bonds. The summed E-state index contributed by atoms with van der Waals surface area (Å²) in [6.07, 6.45) is 0.726. The van der Waals surface area contributed by atoms with Crippen molar-refractivity contribution in [3.05, 3.63) is 98.2 Å².